The Labute approximate surface area is 179 Å². The second-order valence-electron chi connectivity index (χ2n) is 7.50. The van der Waals surface area contributed by atoms with Crippen molar-refractivity contribution in [1.82, 2.24) is 14.9 Å². The van der Waals surface area contributed by atoms with Crippen molar-refractivity contribution in [2.75, 3.05) is 0 Å². The minimum Gasteiger partial charge on any atom is -0.329 e. The summed E-state index contributed by atoms with van der Waals surface area (Å²) in [5, 5.41) is 0. The molecule has 5 heteroatoms. The lowest BCUT2D eigenvalue weighted by Crippen LogP contribution is -2.29. The van der Waals surface area contributed by atoms with Crippen molar-refractivity contribution in [1.29, 1.82) is 0 Å². The largest absolute Gasteiger partial charge is 0.329 e. The third-order valence-corrected chi connectivity index (χ3v) is 6.65. The summed E-state index contributed by atoms with van der Waals surface area (Å²) in [7, 11) is 0. The molecule has 0 N–H and O–H groups in total. The first-order chi connectivity index (χ1) is 14.8. The van der Waals surface area contributed by atoms with E-state index in [4.69, 9.17) is 0 Å². The van der Waals surface area contributed by atoms with Gasteiger partial charge in [-0.25, -0.2) is 0 Å². The van der Waals surface area contributed by atoms with Gasteiger partial charge in [-0.2, -0.15) is 0 Å². The molecule has 0 bridgehead atoms. The molecule has 148 valence electrons. The molecule has 0 atom stereocenters. The van der Waals surface area contributed by atoms with Crippen LogP contribution in [0.15, 0.2) is 79.4 Å². The fourth-order valence-corrected chi connectivity index (χ4v) is 5.19. The quantitative estimate of drug-likeness (QED) is 0.456. The molecule has 30 heavy (non-hydrogen) atoms. The molecule has 4 aromatic rings. The minimum atomic E-state index is 0.0625. The van der Waals surface area contributed by atoms with E-state index in [9.17, 15) is 4.79 Å². The molecule has 1 aliphatic carbocycles. The van der Waals surface area contributed by atoms with Crippen molar-refractivity contribution in [3.8, 4) is 10.4 Å². The van der Waals surface area contributed by atoms with Crippen LogP contribution in [0.2, 0.25) is 0 Å². The number of hydrogen-bond acceptors (Lipinski definition) is 4. The van der Waals surface area contributed by atoms with Crippen molar-refractivity contribution in [3.63, 3.8) is 0 Å². The van der Waals surface area contributed by atoms with Gasteiger partial charge in [0.25, 0.3) is 5.91 Å². The van der Waals surface area contributed by atoms with Gasteiger partial charge in [-0.3, -0.25) is 14.8 Å². The molecular weight excluding hydrogens is 390 g/mol. The van der Waals surface area contributed by atoms with Gasteiger partial charge in [-0.1, -0.05) is 30.3 Å². The standard InChI is InChI=1S/C25H21N3OS/c29-25(23-14-21-8-7-20-5-1-2-6-22(20)24(21)30-23)28(16-18-9-12-26-13-10-18)17-19-4-3-11-27-15-19/h1-6,9-15H,7-8,16-17H2. The predicted molar refractivity (Wildman–Crippen MR) is 119 cm³/mol. The van der Waals surface area contributed by atoms with E-state index in [0.717, 1.165) is 28.8 Å². The highest BCUT2D eigenvalue weighted by Crippen LogP contribution is 2.40. The highest BCUT2D eigenvalue weighted by Gasteiger charge is 2.24. The lowest BCUT2D eigenvalue weighted by molar-refractivity contribution is 0.0734. The van der Waals surface area contributed by atoms with E-state index in [1.807, 2.05) is 35.4 Å². The van der Waals surface area contributed by atoms with E-state index in [2.05, 4.69) is 40.3 Å². The number of pyridine rings is 2. The Balaban J connectivity index is 1.47. The van der Waals surface area contributed by atoms with E-state index in [-0.39, 0.29) is 5.91 Å². The van der Waals surface area contributed by atoms with Crippen LogP contribution in [0.1, 0.15) is 31.9 Å². The summed E-state index contributed by atoms with van der Waals surface area (Å²) in [6.45, 7) is 1.06. The molecule has 3 aromatic heterocycles. The fraction of sp³-hybridized carbons (Fsp3) is 0.160. The van der Waals surface area contributed by atoms with Gasteiger partial charge < -0.3 is 4.90 Å². The number of fused-ring (bicyclic) bond motifs is 3. The van der Waals surface area contributed by atoms with Gasteiger partial charge in [0.05, 0.1) is 4.88 Å². The number of carbonyl (C=O) groups is 1. The summed E-state index contributed by atoms with van der Waals surface area (Å²) in [5.74, 6) is 0.0625. The lowest BCUT2D eigenvalue weighted by atomic mass is 9.91. The average molecular weight is 412 g/mol. The van der Waals surface area contributed by atoms with Crippen LogP contribution in [0, 0.1) is 0 Å². The fourth-order valence-electron chi connectivity index (χ4n) is 3.95. The molecular formula is C25H21N3OS. The maximum atomic E-state index is 13.6. The van der Waals surface area contributed by atoms with Gasteiger partial charge in [0, 0.05) is 42.8 Å². The highest BCUT2D eigenvalue weighted by atomic mass is 32.1. The van der Waals surface area contributed by atoms with Crippen LogP contribution >= 0.6 is 11.3 Å². The van der Waals surface area contributed by atoms with Gasteiger partial charge in [-0.05, 0) is 64.9 Å². The summed E-state index contributed by atoms with van der Waals surface area (Å²) in [6, 6.07) is 18.5. The maximum absolute atomic E-state index is 13.6. The molecule has 4 nitrogen and oxygen atoms in total. The SMILES string of the molecule is O=C(c1cc2c(s1)-c1ccccc1CC2)N(Cc1ccncc1)Cc1cccnc1. The molecule has 0 fully saturated rings. The molecule has 0 unspecified atom stereocenters. The smallest absolute Gasteiger partial charge is 0.264 e. The Morgan fingerprint density at radius 1 is 0.867 bits per heavy atom. The van der Waals surface area contributed by atoms with Crippen LogP contribution < -0.4 is 0 Å². The molecule has 5 rings (SSSR count). The Bertz CT molecular complexity index is 1130. The Morgan fingerprint density at radius 2 is 1.67 bits per heavy atom. The van der Waals surface area contributed by atoms with Gasteiger partial charge >= 0.3 is 0 Å². The van der Waals surface area contributed by atoms with Crippen LogP contribution in [0.3, 0.4) is 0 Å². The van der Waals surface area contributed by atoms with Gasteiger partial charge in [0.15, 0.2) is 0 Å². The number of benzene rings is 1. The number of nitrogens with zero attached hydrogens (tertiary/aromatic N) is 3. The van der Waals surface area contributed by atoms with Crippen molar-refractivity contribution in [2.24, 2.45) is 0 Å². The zero-order valence-corrected chi connectivity index (χ0v) is 17.3. The molecule has 0 radical (unpaired) electrons. The van der Waals surface area contributed by atoms with Crippen LogP contribution in [0.25, 0.3) is 10.4 Å². The van der Waals surface area contributed by atoms with Crippen molar-refractivity contribution < 1.29 is 4.79 Å². The van der Waals surface area contributed by atoms with Crippen LogP contribution in [0.4, 0.5) is 0 Å². The molecule has 0 saturated carbocycles. The van der Waals surface area contributed by atoms with Gasteiger partial charge in [0.1, 0.15) is 0 Å². The topological polar surface area (TPSA) is 46.1 Å². The van der Waals surface area contributed by atoms with Gasteiger partial charge in [-0.15, -0.1) is 11.3 Å². The van der Waals surface area contributed by atoms with E-state index in [1.54, 1.807) is 29.9 Å². The maximum Gasteiger partial charge on any atom is 0.264 e. The first kappa shape index (κ1) is 18.7. The second kappa shape index (κ2) is 8.20. The van der Waals surface area contributed by atoms with E-state index < -0.39 is 0 Å². The third kappa shape index (κ3) is 3.76. The molecule has 1 aliphatic rings. The van der Waals surface area contributed by atoms with E-state index >= 15 is 0 Å². The van der Waals surface area contributed by atoms with Crippen molar-refractivity contribution in [3.05, 3.63) is 107 Å². The van der Waals surface area contributed by atoms with E-state index in [1.165, 1.54) is 21.6 Å². The predicted octanol–water partition coefficient (Wildman–Crippen LogP) is 5.15. The summed E-state index contributed by atoms with van der Waals surface area (Å²) < 4.78 is 0. The molecule has 0 spiro atoms. The summed E-state index contributed by atoms with van der Waals surface area (Å²) in [5.41, 5.74) is 6.01. The minimum absolute atomic E-state index is 0.0625. The number of aromatic nitrogens is 2. The Morgan fingerprint density at radius 3 is 2.50 bits per heavy atom. The highest BCUT2D eigenvalue weighted by molar-refractivity contribution is 7.17. The summed E-state index contributed by atoms with van der Waals surface area (Å²) in [6.07, 6.45) is 9.13. The number of hydrogen-bond donors (Lipinski definition) is 0. The number of aryl methyl sites for hydroxylation is 2. The Kier molecular flexibility index (Phi) is 5.11. The number of carbonyl (C=O) groups excluding carboxylic acids is 1. The van der Waals surface area contributed by atoms with Crippen LogP contribution in [0.5, 0.6) is 0 Å². The van der Waals surface area contributed by atoms with Gasteiger partial charge in [0.2, 0.25) is 0 Å². The molecule has 1 amide bonds. The molecule has 1 aromatic carbocycles. The lowest BCUT2D eigenvalue weighted by Gasteiger charge is -2.22. The van der Waals surface area contributed by atoms with E-state index in [0.29, 0.717) is 13.1 Å². The number of amides is 1. The summed E-state index contributed by atoms with van der Waals surface area (Å²) >= 11 is 1.62. The van der Waals surface area contributed by atoms with Crippen molar-refractivity contribution >= 4 is 17.2 Å². The Hall–Kier alpha value is -3.31. The molecule has 0 saturated heterocycles. The molecule has 0 aliphatic heterocycles. The number of rotatable bonds is 5. The van der Waals surface area contributed by atoms with Crippen molar-refractivity contribution in [2.45, 2.75) is 25.9 Å². The van der Waals surface area contributed by atoms with Crippen LogP contribution in [-0.2, 0) is 25.9 Å². The van der Waals surface area contributed by atoms with Crippen LogP contribution in [-0.4, -0.2) is 20.8 Å². The average Bonchev–Trinajstić information content (AvgIpc) is 3.24. The monoisotopic (exact) mass is 411 g/mol. The normalized spacial score (nSPS) is 12.1. The zero-order chi connectivity index (χ0) is 20.3. The first-order valence-electron chi connectivity index (χ1n) is 10.1. The third-order valence-electron chi connectivity index (χ3n) is 5.45. The first-order valence-corrected chi connectivity index (χ1v) is 10.9. The zero-order valence-electron chi connectivity index (χ0n) is 16.5. The summed E-state index contributed by atoms with van der Waals surface area (Å²) in [4.78, 5) is 25.8. The molecule has 3 heterocycles. The number of thiophene rings is 1. The second-order valence-corrected chi connectivity index (χ2v) is 8.55.